The Bertz CT molecular complexity index is 616. The molecule has 0 bridgehead atoms. The summed E-state index contributed by atoms with van der Waals surface area (Å²) in [6.07, 6.45) is 0. The summed E-state index contributed by atoms with van der Waals surface area (Å²) < 4.78 is 13.7. The van der Waals surface area contributed by atoms with Crippen molar-refractivity contribution < 1.29 is 4.39 Å². The highest BCUT2D eigenvalue weighted by atomic mass is 35.5. The van der Waals surface area contributed by atoms with E-state index in [1.807, 2.05) is 6.92 Å². The van der Waals surface area contributed by atoms with Gasteiger partial charge >= 0.3 is 0 Å². The molecule has 1 unspecified atom stereocenters. The van der Waals surface area contributed by atoms with Gasteiger partial charge in [-0.1, -0.05) is 53.0 Å². The van der Waals surface area contributed by atoms with E-state index < -0.39 is 0 Å². The Labute approximate surface area is 132 Å². The van der Waals surface area contributed by atoms with Crippen LogP contribution in [0.2, 0.25) is 15.1 Å². The van der Waals surface area contributed by atoms with Crippen LogP contribution < -0.4 is 5.32 Å². The molecular weight excluding hydrogens is 320 g/mol. The lowest BCUT2D eigenvalue weighted by atomic mass is 10.1. The third-order valence-corrected chi connectivity index (χ3v) is 4.29. The number of halogens is 4. The highest BCUT2D eigenvalue weighted by Crippen LogP contribution is 2.31. The van der Waals surface area contributed by atoms with Gasteiger partial charge in [-0.25, -0.2) is 4.39 Å². The molecule has 2 aromatic rings. The van der Waals surface area contributed by atoms with Gasteiger partial charge in [-0.3, -0.25) is 0 Å². The van der Waals surface area contributed by atoms with Gasteiger partial charge in [0.1, 0.15) is 5.82 Å². The Balaban J connectivity index is 2.14. The van der Waals surface area contributed by atoms with E-state index in [-0.39, 0.29) is 11.9 Å². The maximum Gasteiger partial charge on any atom is 0.127 e. The molecular formula is C15H13Cl3FN. The first kappa shape index (κ1) is 15.6. The van der Waals surface area contributed by atoms with Gasteiger partial charge < -0.3 is 5.32 Å². The lowest BCUT2D eigenvalue weighted by Gasteiger charge is -2.16. The largest absolute Gasteiger partial charge is 0.306 e. The number of hydrogen-bond donors (Lipinski definition) is 1. The van der Waals surface area contributed by atoms with Crippen LogP contribution in [0, 0.1) is 5.82 Å². The molecule has 1 N–H and O–H groups in total. The second-order valence-electron chi connectivity index (χ2n) is 4.45. The summed E-state index contributed by atoms with van der Waals surface area (Å²) >= 11 is 18.2. The van der Waals surface area contributed by atoms with Crippen LogP contribution in [0.1, 0.15) is 24.1 Å². The zero-order chi connectivity index (χ0) is 14.7. The fourth-order valence-electron chi connectivity index (χ4n) is 1.92. The molecule has 20 heavy (non-hydrogen) atoms. The minimum absolute atomic E-state index is 0.165. The Morgan fingerprint density at radius 3 is 2.40 bits per heavy atom. The second kappa shape index (κ2) is 6.77. The summed E-state index contributed by atoms with van der Waals surface area (Å²) in [4.78, 5) is 0. The lowest BCUT2D eigenvalue weighted by Crippen LogP contribution is -2.19. The van der Waals surface area contributed by atoms with Crippen molar-refractivity contribution in [3.8, 4) is 0 Å². The second-order valence-corrected chi connectivity index (χ2v) is 5.64. The van der Waals surface area contributed by atoms with Crippen LogP contribution in [-0.4, -0.2) is 0 Å². The minimum atomic E-state index is -0.240. The summed E-state index contributed by atoms with van der Waals surface area (Å²) in [6, 6.07) is 9.83. The number of benzene rings is 2. The zero-order valence-corrected chi connectivity index (χ0v) is 13.0. The van der Waals surface area contributed by atoms with E-state index in [9.17, 15) is 4.39 Å². The van der Waals surface area contributed by atoms with Crippen molar-refractivity contribution in [1.82, 2.24) is 5.32 Å². The van der Waals surface area contributed by atoms with Crippen LogP contribution in [0.15, 0.2) is 36.4 Å². The zero-order valence-electron chi connectivity index (χ0n) is 10.8. The monoisotopic (exact) mass is 331 g/mol. The number of hydrogen-bond acceptors (Lipinski definition) is 1. The molecule has 2 aromatic carbocycles. The quantitative estimate of drug-likeness (QED) is 0.715. The Morgan fingerprint density at radius 1 is 1.05 bits per heavy atom. The van der Waals surface area contributed by atoms with E-state index in [0.717, 1.165) is 0 Å². The van der Waals surface area contributed by atoms with E-state index in [4.69, 9.17) is 34.8 Å². The standard InChI is InChI=1S/C15H13Cl3FN/c1-9(10-4-2-3-5-14(10)19)20-8-11-12(16)6-7-13(17)15(11)18/h2-7,9,20H,8H2,1H3. The van der Waals surface area contributed by atoms with Crippen molar-refractivity contribution in [2.24, 2.45) is 0 Å². The fraction of sp³-hybridized carbons (Fsp3) is 0.200. The molecule has 1 nitrogen and oxygen atoms in total. The van der Waals surface area contributed by atoms with Crippen molar-refractivity contribution in [1.29, 1.82) is 0 Å². The molecule has 0 radical (unpaired) electrons. The van der Waals surface area contributed by atoms with Crippen LogP contribution in [0.4, 0.5) is 4.39 Å². The SMILES string of the molecule is CC(NCc1c(Cl)ccc(Cl)c1Cl)c1ccccc1F. The maximum atomic E-state index is 13.7. The first-order valence-electron chi connectivity index (χ1n) is 6.11. The van der Waals surface area contributed by atoms with Crippen molar-refractivity contribution in [2.45, 2.75) is 19.5 Å². The van der Waals surface area contributed by atoms with Gasteiger partial charge in [-0.15, -0.1) is 0 Å². The maximum absolute atomic E-state index is 13.7. The molecule has 0 amide bonds. The van der Waals surface area contributed by atoms with Gasteiger partial charge in [0.05, 0.1) is 10.0 Å². The van der Waals surface area contributed by atoms with E-state index in [0.29, 0.717) is 32.7 Å². The number of rotatable bonds is 4. The van der Waals surface area contributed by atoms with Gasteiger partial charge in [0, 0.05) is 28.7 Å². The smallest absolute Gasteiger partial charge is 0.127 e. The summed E-state index contributed by atoms with van der Waals surface area (Å²) in [6.45, 7) is 2.29. The summed E-state index contributed by atoms with van der Waals surface area (Å²) in [5.41, 5.74) is 1.31. The topological polar surface area (TPSA) is 12.0 Å². The molecule has 0 saturated carbocycles. The van der Waals surface area contributed by atoms with E-state index in [2.05, 4.69) is 5.32 Å². The van der Waals surface area contributed by atoms with Crippen molar-refractivity contribution >= 4 is 34.8 Å². The average molecular weight is 333 g/mol. The summed E-state index contributed by atoms with van der Waals surface area (Å²) in [7, 11) is 0. The van der Waals surface area contributed by atoms with E-state index in [1.165, 1.54) is 6.07 Å². The highest BCUT2D eigenvalue weighted by Gasteiger charge is 2.13. The molecule has 0 heterocycles. The molecule has 0 aliphatic carbocycles. The van der Waals surface area contributed by atoms with Crippen LogP contribution in [0.3, 0.4) is 0 Å². The minimum Gasteiger partial charge on any atom is -0.306 e. The first-order chi connectivity index (χ1) is 9.50. The molecule has 2 rings (SSSR count). The van der Waals surface area contributed by atoms with E-state index >= 15 is 0 Å². The van der Waals surface area contributed by atoms with Gasteiger partial charge in [0.25, 0.3) is 0 Å². The Hall–Kier alpha value is -0.800. The van der Waals surface area contributed by atoms with Crippen molar-refractivity contribution in [3.63, 3.8) is 0 Å². The third-order valence-electron chi connectivity index (χ3n) is 3.10. The molecule has 106 valence electrons. The number of nitrogens with one attached hydrogen (secondary N) is 1. The molecule has 0 aliphatic heterocycles. The van der Waals surface area contributed by atoms with Gasteiger partial charge in [-0.05, 0) is 25.1 Å². The predicted molar refractivity (Wildman–Crippen MR) is 83.1 cm³/mol. The van der Waals surface area contributed by atoms with Gasteiger partial charge in [0.15, 0.2) is 0 Å². The molecule has 0 spiro atoms. The van der Waals surface area contributed by atoms with E-state index in [1.54, 1.807) is 30.3 Å². The lowest BCUT2D eigenvalue weighted by molar-refractivity contribution is 0.528. The summed E-state index contributed by atoms with van der Waals surface area (Å²) in [5, 5.41) is 4.61. The highest BCUT2D eigenvalue weighted by molar-refractivity contribution is 6.44. The Morgan fingerprint density at radius 2 is 1.70 bits per heavy atom. The molecule has 0 aromatic heterocycles. The van der Waals surface area contributed by atoms with Crippen LogP contribution >= 0.6 is 34.8 Å². The summed E-state index contributed by atoms with van der Waals surface area (Å²) in [5.74, 6) is -0.240. The molecule has 0 saturated heterocycles. The van der Waals surface area contributed by atoms with Crippen molar-refractivity contribution in [2.75, 3.05) is 0 Å². The third kappa shape index (κ3) is 3.44. The molecule has 1 atom stereocenters. The van der Waals surface area contributed by atoms with Crippen LogP contribution in [0.5, 0.6) is 0 Å². The van der Waals surface area contributed by atoms with Crippen molar-refractivity contribution in [3.05, 3.63) is 68.4 Å². The Kier molecular flexibility index (Phi) is 5.28. The normalized spacial score (nSPS) is 12.4. The fourth-order valence-corrected chi connectivity index (χ4v) is 2.60. The molecule has 0 fully saturated rings. The van der Waals surface area contributed by atoms with Crippen LogP contribution in [-0.2, 0) is 6.54 Å². The molecule has 5 heteroatoms. The van der Waals surface area contributed by atoms with Gasteiger partial charge in [0.2, 0.25) is 0 Å². The molecule has 0 aliphatic rings. The average Bonchev–Trinajstić information content (AvgIpc) is 2.43. The van der Waals surface area contributed by atoms with Crippen LogP contribution in [0.25, 0.3) is 0 Å². The van der Waals surface area contributed by atoms with Gasteiger partial charge in [-0.2, -0.15) is 0 Å². The predicted octanol–water partition coefficient (Wildman–Crippen LogP) is 5.64. The first-order valence-corrected chi connectivity index (χ1v) is 7.24.